The van der Waals surface area contributed by atoms with Crippen LogP contribution in [0.5, 0.6) is 0 Å². The lowest BCUT2D eigenvalue weighted by Gasteiger charge is -2.47. The predicted molar refractivity (Wildman–Crippen MR) is 88.1 cm³/mol. The van der Waals surface area contributed by atoms with Crippen LogP contribution in [0.25, 0.3) is 0 Å². The normalized spacial score (nSPS) is 25.4. The van der Waals surface area contributed by atoms with E-state index in [1.54, 1.807) is 0 Å². The van der Waals surface area contributed by atoms with Crippen molar-refractivity contribution in [1.82, 2.24) is 4.67 Å². The average molecular weight is 352 g/mol. The highest BCUT2D eigenvalue weighted by atomic mass is 79.9. The number of allylic oxidation sites excluding steroid dienone is 2. The zero-order valence-electron chi connectivity index (χ0n) is 12.1. The summed E-state index contributed by atoms with van der Waals surface area (Å²) < 4.78 is 3.21. The van der Waals surface area contributed by atoms with Crippen molar-refractivity contribution in [3.05, 3.63) is 45.6 Å². The SMILES string of the molecule is CP(C)N1C(=O)CCC2(C)C1=CCc1cc(Br)ccc12. The zero-order chi connectivity index (χ0) is 14.5. The van der Waals surface area contributed by atoms with Crippen LogP contribution in [-0.4, -0.2) is 23.9 Å². The predicted octanol–water partition coefficient (Wildman–Crippen LogP) is 4.43. The number of carbonyl (C=O) groups is 1. The summed E-state index contributed by atoms with van der Waals surface area (Å²) in [4.78, 5) is 12.3. The first-order valence-corrected chi connectivity index (χ1v) is 9.91. The van der Waals surface area contributed by atoms with Gasteiger partial charge in [-0.3, -0.25) is 9.46 Å². The average Bonchev–Trinajstić information content (AvgIpc) is 2.38. The molecule has 1 aliphatic carbocycles. The highest BCUT2D eigenvalue weighted by Crippen LogP contribution is 2.52. The van der Waals surface area contributed by atoms with E-state index in [0.29, 0.717) is 12.3 Å². The number of nitrogens with zero attached hydrogens (tertiary/aromatic N) is 1. The molecule has 1 atom stereocenters. The van der Waals surface area contributed by atoms with Gasteiger partial charge in [0.1, 0.15) is 0 Å². The van der Waals surface area contributed by atoms with Crippen LogP contribution in [-0.2, 0) is 16.6 Å². The molecule has 0 bridgehead atoms. The van der Waals surface area contributed by atoms with Crippen LogP contribution in [0.3, 0.4) is 0 Å². The second-order valence-corrected chi connectivity index (χ2v) is 8.99. The minimum atomic E-state index is -0.423. The minimum Gasteiger partial charge on any atom is -0.295 e. The summed E-state index contributed by atoms with van der Waals surface area (Å²) in [6, 6.07) is 6.57. The number of hydrogen-bond acceptors (Lipinski definition) is 1. The second-order valence-electron chi connectivity index (χ2n) is 5.98. The molecule has 0 N–H and O–H groups in total. The van der Waals surface area contributed by atoms with Crippen LogP contribution < -0.4 is 0 Å². The van der Waals surface area contributed by atoms with Crippen molar-refractivity contribution in [2.75, 3.05) is 13.3 Å². The van der Waals surface area contributed by atoms with E-state index in [4.69, 9.17) is 0 Å². The maximum Gasteiger partial charge on any atom is 0.230 e. The summed E-state index contributed by atoms with van der Waals surface area (Å²) in [5.41, 5.74) is 4.01. The van der Waals surface area contributed by atoms with Gasteiger partial charge in [0.2, 0.25) is 5.91 Å². The lowest BCUT2D eigenvalue weighted by atomic mass is 9.68. The number of piperidine rings is 1. The highest BCUT2D eigenvalue weighted by Gasteiger charge is 2.44. The molecule has 2 nitrogen and oxygen atoms in total. The van der Waals surface area contributed by atoms with Crippen LogP contribution in [0.1, 0.15) is 30.9 Å². The van der Waals surface area contributed by atoms with Crippen LogP contribution >= 0.6 is 24.0 Å². The standard InChI is InChI=1S/C16H19BrNOP/c1-16-9-8-15(19)18(20(2)3)14(16)7-4-11-10-12(17)5-6-13(11)16/h5-7,10H,4,8-9H2,1-3H3. The van der Waals surface area contributed by atoms with Gasteiger partial charge in [-0.1, -0.05) is 28.1 Å². The monoisotopic (exact) mass is 351 g/mol. The molecule has 1 aromatic rings. The Hall–Kier alpha value is -0.660. The van der Waals surface area contributed by atoms with Gasteiger partial charge in [-0.2, -0.15) is 0 Å². The van der Waals surface area contributed by atoms with E-state index in [0.717, 1.165) is 17.3 Å². The molecular weight excluding hydrogens is 333 g/mol. The second kappa shape index (κ2) is 4.96. The summed E-state index contributed by atoms with van der Waals surface area (Å²) in [6.45, 7) is 6.62. The largest absolute Gasteiger partial charge is 0.295 e. The van der Waals surface area contributed by atoms with Gasteiger partial charge in [-0.05, 0) is 64.4 Å². The quantitative estimate of drug-likeness (QED) is 0.685. The van der Waals surface area contributed by atoms with Crippen molar-refractivity contribution >= 4 is 29.9 Å². The van der Waals surface area contributed by atoms with E-state index in [1.807, 2.05) is 0 Å². The van der Waals surface area contributed by atoms with Crippen molar-refractivity contribution in [2.24, 2.45) is 0 Å². The first-order chi connectivity index (χ1) is 9.43. The smallest absolute Gasteiger partial charge is 0.230 e. The van der Waals surface area contributed by atoms with Crippen molar-refractivity contribution < 1.29 is 4.79 Å². The van der Waals surface area contributed by atoms with E-state index < -0.39 is 8.07 Å². The number of halogens is 1. The van der Waals surface area contributed by atoms with Gasteiger partial charge < -0.3 is 0 Å². The number of rotatable bonds is 1. The first kappa shape index (κ1) is 14.3. The number of carbonyl (C=O) groups excluding carboxylic acids is 1. The fourth-order valence-electron chi connectivity index (χ4n) is 3.46. The lowest BCUT2D eigenvalue weighted by Crippen LogP contribution is -2.44. The number of fused-ring (bicyclic) bond motifs is 3. The zero-order valence-corrected chi connectivity index (χ0v) is 14.6. The van der Waals surface area contributed by atoms with Crippen molar-refractivity contribution in [3.8, 4) is 0 Å². The summed E-state index contributed by atoms with van der Waals surface area (Å²) >= 11 is 3.56. The molecule has 0 radical (unpaired) electrons. The van der Waals surface area contributed by atoms with E-state index in [-0.39, 0.29) is 5.41 Å². The Bertz CT molecular complexity index is 610. The summed E-state index contributed by atoms with van der Waals surface area (Å²) in [6.07, 6.45) is 4.77. The van der Waals surface area contributed by atoms with Crippen molar-refractivity contribution in [1.29, 1.82) is 0 Å². The maximum atomic E-state index is 12.3. The van der Waals surface area contributed by atoms with E-state index in [2.05, 4.69) is 65.1 Å². The Kier molecular flexibility index (Phi) is 3.54. The van der Waals surface area contributed by atoms with Crippen molar-refractivity contribution in [3.63, 3.8) is 0 Å². The van der Waals surface area contributed by atoms with E-state index in [1.165, 1.54) is 16.8 Å². The molecule has 2 aliphatic rings. The number of hydrogen-bond donors (Lipinski definition) is 0. The lowest BCUT2D eigenvalue weighted by molar-refractivity contribution is -0.127. The van der Waals surface area contributed by atoms with Crippen LogP contribution in [0.15, 0.2) is 34.4 Å². The fourth-order valence-corrected chi connectivity index (χ4v) is 5.15. The van der Waals surface area contributed by atoms with Crippen LogP contribution in [0.4, 0.5) is 0 Å². The number of amides is 1. The first-order valence-electron chi connectivity index (χ1n) is 6.93. The van der Waals surface area contributed by atoms with Gasteiger partial charge in [0.15, 0.2) is 0 Å². The molecule has 4 heteroatoms. The molecule has 0 saturated carbocycles. The Labute approximate surface area is 130 Å². The molecule has 1 fully saturated rings. The highest BCUT2D eigenvalue weighted by molar-refractivity contribution is 9.10. The summed E-state index contributed by atoms with van der Waals surface area (Å²) in [5.74, 6) is 0.297. The summed E-state index contributed by atoms with van der Waals surface area (Å²) in [7, 11) is -0.423. The molecule has 1 saturated heterocycles. The fraction of sp³-hybridized carbons (Fsp3) is 0.438. The third kappa shape index (κ3) is 2.07. The molecule has 1 aromatic carbocycles. The maximum absolute atomic E-state index is 12.3. The Morgan fingerprint density at radius 1 is 1.35 bits per heavy atom. The molecule has 1 unspecified atom stereocenters. The summed E-state index contributed by atoms with van der Waals surface area (Å²) in [5, 5.41) is 0. The van der Waals surface area contributed by atoms with Crippen LogP contribution in [0, 0.1) is 0 Å². The molecule has 0 aromatic heterocycles. The molecule has 20 heavy (non-hydrogen) atoms. The topological polar surface area (TPSA) is 20.3 Å². The molecule has 1 heterocycles. The van der Waals surface area contributed by atoms with Gasteiger partial charge in [0, 0.05) is 22.0 Å². The Balaban J connectivity index is 2.13. The van der Waals surface area contributed by atoms with Gasteiger partial charge in [-0.15, -0.1) is 0 Å². The van der Waals surface area contributed by atoms with Gasteiger partial charge in [-0.25, -0.2) is 0 Å². The Morgan fingerprint density at radius 3 is 2.80 bits per heavy atom. The van der Waals surface area contributed by atoms with E-state index in [9.17, 15) is 4.79 Å². The molecule has 1 aliphatic heterocycles. The molecule has 106 valence electrons. The van der Waals surface area contributed by atoms with E-state index >= 15 is 0 Å². The minimum absolute atomic E-state index is 0.00516. The van der Waals surface area contributed by atoms with Gasteiger partial charge in [0.05, 0.1) is 0 Å². The molecule has 3 rings (SSSR count). The van der Waals surface area contributed by atoms with Gasteiger partial charge >= 0.3 is 0 Å². The van der Waals surface area contributed by atoms with Crippen LogP contribution in [0.2, 0.25) is 0 Å². The molecular formula is C16H19BrNOP. The number of benzene rings is 1. The Morgan fingerprint density at radius 2 is 2.10 bits per heavy atom. The third-order valence-electron chi connectivity index (χ3n) is 4.45. The molecule has 1 amide bonds. The van der Waals surface area contributed by atoms with Crippen molar-refractivity contribution in [2.45, 2.75) is 31.6 Å². The third-order valence-corrected chi connectivity index (χ3v) is 6.18. The van der Waals surface area contributed by atoms with Gasteiger partial charge in [0.25, 0.3) is 0 Å². The molecule has 0 spiro atoms.